The van der Waals surface area contributed by atoms with E-state index < -0.39 is 39.9 Å². The summed E-state index contributed by atoms with van der Waals surface area (Å²) in [5, 5.41) is 0.559. The molecule has 0 aliphatic heterocycles. The molecule has 2 N–H and O–H groups in total. The zero-order valence-corrected chi connectivity index (χ0v) is 17.8. The van der Waals surface area contributed by atoms with Crippen LogP contribution in [0.2, 0.25) is 0 Å². The highest BCUT2D eigenvalue weighted by Crippen LogP contribution is 2.30. The minimum Gasteiger partial charge on any atom is -0.493 e. The first kappa shape index (κ1) is 23.8. The van der Waals surface area contributed by atoms with E-state index in [-0.39, 0.29) is 12.3 Å². The Labute approximate surface area is 181 Å². The molecule has 0 saturated carbocycles. The fourth-order valence-corrected chi connectivity index (χ4v) is 4.20. The van der Waals surface area contributed by atoms with Crippen molar-refractivity contribution in [1.82, 2.24) is 4.98 Å². The minimum absolute atomic E-state index is 0.188. The third-order valence-electron chi connectivity index (χ3n) is 4.66. The topological polar surface area (TPSA) is 71.2 Å². The number of aromatic nitrogens is 1. The Morgan fingerprint density at radius 2 is 1.72 bits per heavy atom. The molecule has 0 radical (unpaired) electrons. The average molecular weight is 476 g/mol. The zero-order chi connectivity index (χ0) is 23.6. The molecule has 174 valence electrons. The summed E-state index contributed by atoms with van der Waals surface area (Å²) < 4.78 is 95.9. The molecule has 0 fully saturated rings. The van der Waals surface area contributed by atoms with Crippen molar-refractivity contribution in [3.8, 4) is 5.75 Å². The lowest BCUT2D eigenvalue weighted by molar-refractivity contribution is -0.137. The summed E-state index contributed by atoms with van der Waals surface area (Å²) >= 11 is 0. The summed E-state index contributed by atoms with van der Waals surface area (Å²) in [6.45, 7) is 0.848. The number of alkyl halides is 5. The van der Waals surface area contributed by atoms with E-state index in [9.17, 15) is 30.4 Å². The molecule has 11 heteroatoms. The van der Waals surface area contributed by atoms with Gasteiger partial charge in [0, 0.05) is 29.9 Å². The van der Waals surface area contributed by atoms with Crippen molar-refractivity contribution in [2.45, 2.75) is 31.9 Å². The van der Waals surface area contributed by atoms with E-state index >= 15 is 0 Å². The molecule has 0 aliphatic carbocycles. The fourth-order valence-electron chi connectivity index (χ4n) is 2.97. The van der Waals surface area contributed by atoms with Gasteiger partial charge in [-0.3, -0.25) is 4.72 Å². The number of hydrogen-bond donors (Lipinski definition) is 2. The van der Waals surface area contributed by atoms with Crippen LogP contribution in [0, 0.1) is 0 Å². The maximum atomic E-state index is 13.0. The maximum absolute atomic E-state index is 13.0. The van der Waals surface area contributed by atoms with Crippen LogP contribution in [0.3, 0.4) is 0 Å². The van der Waals surface area contributed by atoms with Gasteiger partial charge in [0.2, 0.25) is 15.9 Å². The highest BCUT2D eigenvalue weighted by molar-refractivity contribution is 7.92. The molecule has 0 unspecified atom stereocenters. The van der Waals surface area contributed by atoms with Crippen LogP contribution in [0.4, 0.5) is 27.6 Å². The van der Waals surface area contributed by atoms with Gasteiger partial charge in [-0.1, -0.05) is 6.07 Å². The van der Waals surface area contributed by atoms with Gasteiger partial charge in [-0.25, -0.2) is 17.2 Å². The molecule has 1 heterocycles. The molecule has 3 aromatic rings. The number of hydrogen-bond acceptors (Lipinski definition) is 3. The number of H-pyrrole nitrogens is 1. The van der Waals surface area contributed by atoms with Gasteiger partial charge in [-0.05, 0) is 48.9 Å². The molecular formula is C21H21F5N2O3S. The molecule has 2 aromatic carbocycles. The molecule has 32 heavy (non-hydrogen) atoms. The molecule has 0 amide bonds. The summed E-state index contributed by atoms with van der Waals surface area (Å²) in [7, 11) is -3.96. The molecule has 0 aliphatic rings. The number of aromatic amines is 1. The monoisotopic (exact) mass is 476 g/mol. The average Bonchev–Trinajstić information content (AvgIpc) is 3.07. The Kier molecular flexibility index (Phi) is 6.68. The maximum Gasteiger partial charge on any atom is 0.416 e. The summed E-state index contributed by atoms with van der Waals surface area (Å²) in [4.78, 5) is 2.91. The Morgan fingerprint density at radius 1 is 1.03 bits per heavy atom. The Bertz CT molecular complexity index is 1170. The number of fused-ring (bicyclic) bond motifs is 1. The Morgan fingerprint density at radius 3 is 2.34 bits per heavy atom. The van der Waals surface area contributed by atoms with Gasteiger partial charge in [0.05, 0.1) is 23.6 Å². The molecule has 1 aromatic heterocycles. The first-order chi connectivity index (χ1) is 14.8. The van der Waals surface area contributed by atoms with Crippen LogP contribution in [0.5, 0.6) is 5.75 Å². The predicted octanol–water partition coefficient (Wildman–Crippen LogP) is 5.60. The van der Waals surface area contributed by atoms with Gasteiger partial charge < -0.3 is 9.72 Å². The van der Waals surface area contributed by atoms with Gasteiger partial charge >= 0.3 is 6.18 Å². The lowest BCUT2D eigenvalue weighted by Crippen LogP contribution is -2.22. The molecule has 0 spiro atoms. The Balaban J connectivity index is 1.64. The normalized spacial score (nSPS) is 12.8. The van der Waals surface area contributed by atoms with Crippen LogP contribution in [0.1, 0.15) is 24.5 Å². The highest BCUT2D eigenvalue weighted by atomic mass is 32.2. The van der Waals surface area contributed by atoms with E-state index in [1.54, 1.807) is 18.2 Å². The number of ether oxygens (including phenoxy) is 1. The fraction of sp³-hybridized carbons (Fsp3) is 0.333. The van der Waals surface area contributed by atoms with Crippen LogP contribution < -0.4 is 9.46 Å². The van der Waals surface area contributed by atoms with Crippen molar-refractivity contribution in [3.05, 3.63) is 59.8 Å². The van der Waals surface area contributed by atoms with E-state index in [2.05, 4.69) is 9.71 Å². The van der Waals surface area contributed by atoms with E-state index in [0.29, 0.717) is 30.0 Å². The first-order valence-corrected chi connectivity index (χ1v) is 11.3. The summed E-state index contributed by atoms with van der Waals surface area (Å²) in [5.74, 6) is -3.51. The van der Waals surface area contributed by atoms with Gasteiger partial charge in [0.25, 0.3) is 0 Å². The zero-order valence-electron chi connectivity index (χ0n) is 17.0. The van der Waals surface area contributed by atoms with Crippen molar-refractivity contribution in [2.24, 2.45) is 0 Å². The molecule has 0 atom stereocenters. The number of sulfonamides is 1. The first-order valence-electron chi connectivity index (χ1n) is 9.61. The number of rotatable bonds is 9. The second-order valence-corrected chi connectivity index (χ2v) is 9.29. The largest absolute Gasteiger partial charge is 0.493 e. The number of halogens is 5. The molecular weight excluding hydrogens is 455 g/mol. The summed E-state index contributed by atoms with van der Waals surface area (Å²) in [6, 6.07) is 9.62. The van der Waals surface area contributed by atoms with Gasteiger partial charge in [-0.15, -0.1) is 0 Å². The van der Waals surface area contributed by atoms with E-state index in [4.69, 9.17) is 4.74 Å². The van der Waals surface area contributed by atoms with Crippen LogP contribution in [-0.4, -0.2) is 31.7 Å². The van der Waals surface area contributed by atoms with Crippen molar-refractivity contribution in [3.63, 3.8) is 0 Å². The molecule has 0 saturated heterocycles. The Hall–Kier alpha value is -2.82. The molecule has 3 rings (SSSR count). The second kappa shape index (κ2) is 8.97. The number of benzene rings is 2. The van der Waals surface area contributed by atoms with E-state index in [1.165, 1.54) is 18.3 Å². The second-order valence-electron chi connectivity index (χ2n) is 7.44. The third-order valence-corrected chi connectivity index (χ3v) is 5.93. The minimum atomic E-state index is -4.42. The number of anilines is 1. The van der Waals surface area contributed by atoms with Crippen molar-refractivity contribution in [1.29, 1.82) is 0 Å². The van der Waals surface area contributed by atoms with E-state index in [1.807, 2.05) is 0 Å². The van der Waals surface area contributed by atoms with Crippen molar-refractivity contribution in [2.75, 3.05) is 17.1 Å². The van der Waals surface area contributed by atoms with E-state index in [0.717, 1.165) is 17.7 Å². The third kappa shape index (κ3) is 6.59. The standard InChI is InChI=1S/C21H21F5N2O3S/c1-20(22,23)9-11-32(29,30)28-19-13-27-18-7-2-14(12-17(18)19)8-10-31-16-5-3-15(4-6-16)21(24,25)26/h2-7,12-13,27-28H,8-11H2,1H3. The van der Waals surface area contributed by atoms with Gasteiger partial charge in [0.1, 0.15) is 5.75 Å². The highest BCUT2D eigenvalue weighted by Gasteiger charge is 2.30. The lowest BCUT2D eigenvalue weighted by Gasteiger charge is -2.11. The SMILES string of the molecule is CC(F)(F)CCS(=O)(=O)Nc1c[nH]c2ccc(CCOc3ccc(C(F)(F)F)cc3)cc12. The van der Waals surface area contributed by atoms with Crippen LogP contribution in [0.15, 0.2) is 48.7 Å². The van der Waals surface area contributed by atoms with Crippen LogP contribution in [0.25, 0.3) is 10.9 Å². The predicted molar refractivity (Wildman–Crippen MR) is 112 cm³/mol. The quantitative estimate of drug-likeness (QED) is 0.395. The number of nitrogens with one attached hydrogen (secondary N) is 2. The van der Waals surface area contributed by atoms with Crippen molar-refractivity contribution < 1.29 is 35.1 Å². The van der Waals surface area contributed by atoms with Crippen LogP contribution >= 0.6 is 0 Å². The summed E-state index contributed by atoms with van der Waals surface area (Å²) in [6.07, 6.45) is -3.36. The van der Waals surface area contributed by atoms with Crippen LogP contribution in [-0.2, 0) is 22.6 Å². The summed E-state index contributed by atoms with van der Waals surface area (Å²) in [5.41, 5.74) is 0.922. The molecule has 0 bridgehead atoms. The van der Waals surface area contributed by atoms with Gasteiger partial charge in [0.15, 0.2) is 0 Å². The lowest BCUT2D eigenvalue weighted by atomic mass is 10.1. The van der Waals surface area contributed by atoms with Crippen molar-refractivity contribution >= 4 is 26.6 Å². The van der Waals surface area contributed by atoms with Gasteiger partial charge in [-0.2, -0.15) is 13.2 Å². The molecule has 5 nitrogen and oxygen atoms in total. The smallest absolute Gasteiger partial charge is 0.416 e.